The van der Waals surface area contributed by atoms with Gasteiger partial charge in [-0.1, -0.05) is 50.6 Å². The molecule has 0 radical (unpaired) electrons. The summed E-state index contributed by atoms with van der Waals surface area (Å²) in [6.45, 7) is 7.23. The lowest BCUT2D eigenvalue weighted by molar-refractivity contribution is 0.446. The van der Waals surface area contributed by atoms with Gasteiger partial charge in [0.25, 0.3) is 0 Å². The summed E-state index contributed by atoms with van der Waals surface area (Å²) in [7, 11) is 1.69. The van der Waals surface area contributed by atoms with E-state index < -0.39 is 18.3 Å². The molecule has 0 amide bonds. The van der Waals surface area contributed by atoms with Crippen molar-refractivity contribution < 1.29 is 13.2 Å². The van der Waals surface area contributed by atoms with Crippen LogP contribution in [-0.4, -0.2) is 25.3 Å². The minimum Gasteiger partial charge on any atom is -0.361 e. The number of benzene rings is 1. The van der Waals surface area contributed by atoms with Crippen molar-refractivity contribution in [1.82, 2.24) is 4.90 Å². The Bertz CT molecular complexity index is 849. The first kappa shape index (κ1) is 28.1. The largest absolute Gasteiger partial charge is 0.361 e. The molecule has 1 unspecified atom stereocenters. The van der Waals surface area contributed by atoms with Gasteiger partial charge in [0.1, 0.15) is 11.6 Å². The number of hydrogen-bond donors (Lipinski definition) is 1. The highest BCUT2D eigenvalue weighted by molar-refractivity contribution is 6.29. The lowest BCUT2D eigenvalue weighted by Crippen LogP contribution is -2.26. The first-order valence-corrected chi connectivity index (χ1v) is 11.5. The van der Waals surface area contributed by atoms with Gasteiger partial charge in [0, 0.05) is 17.7 Å². The van der Waals surface area contributed by atoms with Gasteiger partial charge < -0.3 is 10.6 Å². The van der Waals surface area contributed by atoms with Crippen LogP contribution in [0.2, 0.25) is 0 Å². The zero-order valence-electron chi connectivity index (χ0n) is 19.8. The molecule has 1 aromatic carbocycles. The topological polar surface area (TPSA) is 29.3 Å². The van der Waals surface area contributed by atoms with E-state index in [0.717, 1.165) is 12.0 Å². The number of alkyl halides is 1. The number of hydrogen-bond acceptors (Lipinski definition) is 2. The van der Waals surface area contributed by atoms with Crippen molar-refractivity contribution >= 4 is 17.3 Å². The van der Waals surface area contributed by atoms with Gasteiger partial charge in [-0.25, -0.2) is 8.78 Å². The summed E-state index contributed by atoms with van der Waals surface area (Å²) in [5, 5.41) is 0.562. The van der Waals surface area contributed by atoms with Crippen molar-refractivity contribution in [2.75, 3.05) is 20.4 Å². The van der Waals surface area contributed by atoms with Crippen LogP contribution in [0.5, 0.6) is 0 Å². The van der Waals surface area contributed by atoms with Crippen molar-refractivity contribution in [2.24, 2.45) is 5.73 Å². The van der Waals surface area contributed by atoms with Crippen molar-refractivity contribution in [3.63, 3.8) is 0 Å². The summed E-state index contributed by atoms with van der Waals surface area (Å²) in [4.78, 5) is 1.62. The van der Waals surface area contributed by atoms with E-state index in [1.807, 2.05) is 45.9 Å². The van der Waals surface area contributed by atoms with E-state index in [1.54, 1.807) is 18.0 Å². The van der Waals surface area contributed by atoms with Crippen LogP contribution >= 0.6 is 11.6 Å². The van der Waals surface area contributed by atoms with Crippen LogP contribution in [0, 0.1) is 11.6 Å². The average molecular weight is 469 g/mol. The summed E-state index contributed by atoms with van der Waals surface area (Å²) in [5.74, 6) is -1.52. The number of rotatable bonds is 12. The molecule has 178 valence electrons. The second kappa shape index (κ2) is 14.2. The Hall–Kier alpha value is -1.98. The average Bonchev–Trinajstić information content (AvgIpc) is 2.77. The normalized spacial score (nSPS) is 14.7. The van der Waals surface area contributed by atoms with Gasteiger partial charge in [-0.2, -0.15) is 0 Å². The molecule has 0 heterocycles. The standard InChI is InChI=1S/C26H36ClF3N2/c1-6-10-19(11-7-2)22(16-21(27)8-3)26(32(5)17-31)25-23(29)14-20(15-24(25)30)18(4)12-9-13-28/h6,10-11,14-16,18H,7-9,12-13,17,31H2,1-5H3/b10-6-,19-11+,21-16+,26-22-. The summed E-state index contributed by atoms with van der Waals surface area (Å²) in [6.07, 6.45) is 9.68. The van der Waals surface area contributed by atoms with E-state index in [1.165, 1.54) is 12.1 Å². The molecule has 1 atom stereocenters. The Balaban J connectivity index is 3.93. The quantitative estimate of drug-likeness (QED) is 0.250. The number of nitrogens with two attached hydrogens (primary N) is 1. The highest BCUT2D eigenvalue weighted by atomic mass is 35.5. The van der Waals surface area contributed by atoms with Crippen molar-refractivity contribution in [2.45, 2.75) is 59.3 Å². The molecule has 1 rings (SSSR count). The highest BCUT2D eigenvalue weighted by Gasteiger charge is 2.23. The molecule has 0 saturated carbocycles. The Morgan fingerprint density at radius 2 is 1.84 bits per heavy atom. The zero-order chi connectivity index (χ0) is 24.3. The van der Waals surface area contributed by atoms with E-state index in [0.29, 0.717) is 41.1 Å². The van der Waals surface area contributed by atoms with Crippen molar-refractivity contribution in [3.8, 4) is 0 Å². The molecular weight excluding hydrogens is 433 g/mol. The number of nitrogens with zero attached hydrogens (tertiary/aromatic N) is 1. The molecule has 0 bridgehead atoms. The molecule has 1 aromatic rings. The lowest BCUT2D eigenvalue weighted by Gasteiger charge is -2.26. The Morgan fingerprint density at radius 1 is 1.22 bits per heavy atom. The predicted octanol–water partition coefficient (Wildman–Crippen LogP) is 7.82. The fourth-order valence-corrected chi connectivity index (χ4v) is 3.60. The SMILES string of the molecule is C\C=C/C(=C\CC)C(/C=C(/Cl)CC)=C(/c1c(F)cc(C(C)CCCF)cc1F)N(C)CN. The molecular formula is C26H36ClF3N2. The molecule has 0 spiro atoms. The minimum atomic E-state index is -0.683. The first-order valence-electron chi connectivity index (χ1n) is 11.1. The molecule has 6 heteroatoms. The van der Waals surface area contributed by atoms with Crippen LogP contribution in [0.25, 0.3) is 5.70 Å². The lowest BCUT2D eigenvalue weighted by atomic mass is 9.91. The van der Waals surface area contributed by atoms with Gasteiger partial charge in [0.2, 0.25) is 0 Å². The maximum atomic E-state index is 15.4. The summed E-state index contributed by atoms with van der Waals surface area (Å²) in [5.41, 5.74) is 7.99. The van der Waals surface area contributed by atoms with Gasteiger partial charge in [-0.3, -0.25) is 4.39 Å². The van der Waals surface area contributed by atoms with Gasteiger partial charge in [-0.05, 0) is 67.9 Å². The van der Waals surface area contributed by atoms with Gasteiger partial charge in [0.05, 0.1) is 24.6 Å². The monoisotopic (exact) mass is 468 g/mol. The van der Waals surface area contributed by atoms with E-state index in [-0.39, 0.29) is 18.2 Å². The summed E-state index contributed by atoms with van der Waals surface area (Å²) in [6, 6.07) is 2.68. The molecule has 0 aliphatic carbocycles. The highest BCUT2D eigenvalue weighted by Crippen LogP contribution is 2.35. The van der Waals surface area contributed by atoms with Crippen LogP contribution in [-0.2, 0) is 0 Å². The summed E-state index contributed by atoms with van der Waals surface area (Å²) >= 11 is 6.39. The number of allylic oxidation sites excluding steroid dienone is 7. The van der Waals surface area contributed by atoms with Gasteiger partial charge >= 0.3 is 0 Å². The maximum absolute atomic E-state index is 15.4. The molecule has 2 nitrogen and oxygen atoms in total. The van der Waals surface area contributed by atoms with E-state index >= 15 is 8.78 Å². The van der Waals surface area contributed by atoms with Crippen LogP contribution < -0.4 is 5.73 Å². The third-order valence-corrected chi connectivity index (χ3v) is 5.65. The molecule has 2 N–H and O–H groups in total. The smallest absolute Gasteiger partial charge is 0.135 e. The van der Waals surface area contributed by atoms with Crippen LogP contribution in [0.3, 0.4) is 0 Å². The van der Waals surface area contributed by atoms with Crippen LogP contribution in [0.1, 0.15) is 70.4 Å². The number of halogens is 4. The van der Waals surface area contributed by atoms with E-state index in [9.17, 15) is 4.39 Å². The molecule has 0 fully saturated rings. The van der Waals surface area contributed by atoms with E-state index in [4.69, 9.17) is 17.3 Å². The molecule has 0 aromatic heterocycles. The van der Waals surface area contributed by atoms with Gasteiger partial charge in [-0.15, -0.1) is 0 Å². The third-order valence-electron chi connectivity index (χ3n) is 5.27. The van der Waals surface area contributed by atoms with E-state index in [2.05, 4.69) is 0 Å². The summed E-state index contributed by atoms with van der Waals surface area (Å²) < 4.78 is 43.4. The molecule has 32 heavy (non-hydrogen) atoms. The van der Waals surface area contributed by atoms with Crippen LogP contribution in [0.4, 0.5) is 13.2 Å². The fourth-order valence-electron chi connectivity index (χ4n) is 3.49. The first-order chi connectivity index (χ1) is 15.2. The Kier molecular flexibility index (Phi) is 12.5. The predicted molar refractivity (Wildman–Crippen MR) is 131 cm³/mol. The minimum absolute atomic E-state index is 0.0548. The van der Waals surface area contributed by atoms with Gasteiger partial charge in [0.15, 0.2) is 0 Å². The molecule has 0 aliphatic heterocycles. The second-order valence-corrected chi connectivity index (χ2v) is 8.23. The Morgan fingerprint density at radius 3 is 2.31 bits per heavy atom. The fraction of sp³-hybridized carbons (Fsp3) is 0.462. The Labute approximate surface area is 196 Å². The van der Waals surface area contributed by atoms with Crippen molar-refractivity contribution in [3.05, 3.63) is 75.4 Å². The zero-order valence-corrected chi connectivity index (χ0v) is 20.6. The molecule has 0 aliphatic rings. The van der Waals surface area contributed by atoms with Crippen molar-refractivity contribution in [1.29, 1.82) is 0 Å². The maximum Gasteiger partial charge on any atom is 0.135 e. The second-order valence-electron chi connectivity index (χ2n) is 7.75. The third kappa shape index (κ3) is 7.56. The van der Waals surface area contributed by atoms with Crippen LogP contribution in [0.15, 0.2) is 52.6 Å². The molecule has 0 saturated heterocycles.